The van der Waals surface area contributed by atoms with Gasteiger partial charge in [-0.1, -0.05) is 15.9 Å². The Morgan fingerprint density at radius 2 is 2.25 bits per heavy atom. The van der Waals surface area contributed by atoms with Crippen LogP contribution in [0.3, 0.4) is 0 Å². The third kappa shape index (κ3) is 3.82. The molecule has 1 rings (SSSR count). The zero-order valence-corrected chi connectivity index (χ0v) is 13.4. The topological polar surface area (TPSA) is 114 Å². The van der Waals surface area contributed by atoms with E-state index < -0.39 is 26.3 Å². The van der Waals surface area contributed by atoms with Crippen molar-refractivity contribution in [3.05, 3.63) is 0 Å². The van der Waals surface area contributed by atoms with Gasteiger partial charge in [-0.3, -0.25) is 0 Å². The monoisotopic (exact) mass is 368 g/mol. The highest BCUT2D eigenvalue weighted by molar-refractivity contribution is 9.11. The molecule has 1 aliphatic rings. The van der Waals surface area contributed by atoms with Crippen molar-refractivity contribution >= 4 is 32.0 Å². The van der Waals surface area contributed by atoms with Gasteiger partial charge in [-0.05, 0) is 7.05 Å². The Bertz CT molecular complexity index is 492. The van der Waals surface area contributed by atoms with Gasteiger partial charge in [0.1, 0.15) is 4.16 Å². The first-order chi connectivity index (χ1) is 9.34. The van der Waals surface area contributed by atoms with Crippen LogP contribution in [0.4, 0.5) is 4.79 Å². The van der Waals surface area contributed by atoms with Crippen LogP contribution in [-0.2, 0) is 10.0 Å². The summed E-state index contributed by atoms with van der Waals surface area (Å²) in [6.45, 7) is 0.407. The van der Waals surface area contributed by atoms with Gasteiger partial charge in [0.15, 0.2) is 0 Å². The smallest absolute Gasteiger partial charge is 0.407 e. The standard InChI is InChI=1S/C10H17BrN4O4S/c1-13-6-9(11)20(18,19)15-5-4-14(10(16)17)7-8(15)2-3-12/h8-9,13H,2,4-7H2,1H3,(H,16,17)/t8-,9?/m0/s1. The van der Waals surface area contributed by atoms with Gasteiger partial charge >= 0.3 is 6.09 Å². The van der Waals surface area contributed by atoms with E-state index in [0.717, 1.165) is 4.90 Å². The van der Waals surface area contributed by atoms with Crippen molar-refractivity contribution in [2.45, 2.75) is 16.6 Å². The summed E-state index contributed by atoms with van der Waals surface area (Å²) in [5.74, 6) is 0. The molecule has 1 heterocycles. The number of nitrogens with zero attached hydrogens (tertiary/aromatic N) is 3. The molecule has 1 saturated heterocycles. The van der Waals surface area contributed by atoms with E-state index in [9.17, 15) is 13.2 Å². The lowest BCUT2D eigenvalue weighted by Gasteiger charge is -2.39. The Kier molecular flexibility index (Phi) is 6.19. The Balaban J connectivity index is 2.93. The summed E-state index contributed by atoms with van der Waals surface area (Å²) in [6, 6.07) is 1.27. The molecule has 0 bridgehead atoms. The lowest BCUT2D eigenvalue weighted by atomic mass is 10.1. The normalized spacial score (nSPS) is 22.2. The number of halogens is 1. The maximum atomic E-state index is 12.4. The van der Waals surface area contributed by atoms with Gasteiger partial charge < -0.3 is 15.3 Å². The van der Waals surface area contributed by atoms with Gasteiger partial charge in [0.25, 0.3) is 0 Å². The van der Waals surface area contributed by atoms with Crippen LogP contribution < -0.4 is 5.32 Å². The van der Waals surface area contributed by atoms with Crippen LogP contribution in [0.15, 0.2) is 0 Å². The molecule has 8 nitrogen and oxygen atoms in total. The number of piperazine rings is 1. The summed E-state index contributed by atoms with van der Waals surface area (Å²) in [6.07, 6.45) is -1.14. The number of hydrogen-bond donors (Lipinski definition) is 2. The van der Waals surface area contributed by atoms with Gasteiger partial charge in [0, 0.05) is 26.2 Å². The Hall–Kier alpha value is -0.890. The zero-order chi connectivity index (χ0) is 15.3. The average Bonchev–Trinajstić information content (AvgIpc) is 2.39. The third-order valence-electron chi connectivity index (χ3n) is 3.04. The average molecular weight is 369 g/mol. The van der Waals surface area contributed by atoms with Crippen molar-refractivity contribution in [2.75, 3.05) is 33.2 Å². The minimum atomic E-state index is -3.63. The number of carboxylic acid groups (broad SMARTS) is 1. The molecule has 2 N–H and O–H groups in total. The van der Waals surface area contributed by atoms with E-state index in [2.05, 4.69) is 21.2 Å². The van der Waals surface area contributed by atoms with E-state index >= 15 is 0 Å². The quantitative estimate of drug-likeness (QED) is 0.651. The summed E-state index contributed by atoms with van der Waals surface area (Å²) in [7, 11) is -1.99. The number of amides is 1. The molecule has 1 fully saturated rings. The highest BCUT2D eigenvalue weighted by Crippen LogP contribution is 2.22. The Labute approximate surface area is 126 Å². The van der Waals surface area contributed by atoms with Crippen LogP contribution in [0.1, 0.15) is 6.42 Å². The van der Waals surface area contributed by atoms with Gasteiger partial charge in [0.2, 0.25) is 10.0 Å². The van der Waals surface area contributed by atoms with E-state index in [0.29, 0.717) is 0 Å². The van der Waals surface area contributed by atoms with Crippen LogP contribution >= 0.6 is 15.9 Å². The van der Waals surface area contributed by atoms with Crippen molar-refractivity contribution in [2.24, 2.45) is 0 Å². The number of carbonyl (C=O) groups is 1. The van der Waals surface area contributed by atoms with E-state index in [1.165, 1.54) is 4.31 Å². The maximum absolute atomic E-state index is 12.4. The van der Waals surface area contributed by atoms with E-state index in [1.54, 1.807) is 7.05 Å². The predicted molar refractivity (Wildman–Crippen MR) is 75.9 cm³/mol. The SMILES string of the molecule is CNCC(Br)S(=O)(=O)N1CCN(C(=O)O)C[C@@H]1CC#N. The van der Waals surface area contributed by atoms with Gasteiger partial charge in [-0.15, -0.1) is 0 Å². The Morgan fingerprint density at radius 3 is 2.75 bits per heavy atom. The molecule has 0 aromatic carbocycles. The van der Waals surface area contributed by atoms with Crippen molar-refractivity contribution in [1.29, 1.82) is 5.26 Å². The maximum Gasteiger partial charge on any atom is 0.407 e. The molecular formula is C10H17BrN4O4S. The molecule has 1 amide bonds. The lowest BCUT2D eigenvalue weighted by molar-refractivity contribution is 0.106. The van der Waals surface area contributed by atoms with E-state index in [4.69, 9.17) is 10.4 Å². The van der Waals surface area contributed by atoms with E-state index in [-0.39, 0.29) is 32.6 Å². The molecule has 0 aliphatic carbocycles. The highest BCUT2D eigenvalue weighted by Gasteiger charge is 2.39. The molecule has 0 saturated carbocycles. The summed E-state index contributed by atoms with van der Waals surface area (Å²) < 4.78 is 25.2. The van der Waals surface area contributed by atoms with Gasteiger partial charge in [0.05, 0.1) is 18.5 Å². The number of nitrogens with one attached hydrogen (secondary N) is 1. The number of nitriles is 1. The molecule has 20 heavy (non-hydrogen) atoms. The molecular weight excluding hydrogens is 352 g/mol. The Morgan fingerprint density at radius 1 is 1.60 bits per heavy atom. The fraction of sp³-hybridized carbons (Fsp3) is 0.800. The summed E-state index contributed by atoms with van der Waals surface area (Å²) in [4.78, 5) is 12.1. The van der Waals surface area contributed by atoms with Crippen molar-refractivity contribution < 1.29 is 18.3 Å². The first kappa shape index (κ1) is 17.2. The van der Waals surface area contributed by atoms with Crippen molar-refractivity contribution in [1.82, 2.24) is 14.5 Å². The summed E-state index contributed by atoms with van der Waals surface area (Å²) in [5, 5.41) is 20.5. The van der Waals surface area contributed by atoms with Gasteiger partial charge in [-0.25, -0.2) is 13.2 Å². The van der Waals surface area contributed by atoms with Crippen LogP contribution in [-0.4, -0.2) is 72.3 Å². The number of rotatable bonds is 5. The number of sulfonamides is 1. The number of alkyl halides is 1. The van der Waals surface area contributed by atoms with Crippen LogP contribution in [0.5, 0.6) is 0 Å². The molecule has 10 heteroatoms. The molecule has 1 aliphatic heterocycles. The largest absolute Gasteiger partial charge is 0.465 e. The van der Waals surface area contributed by atoms with Crippen molar-refractivity contribution in [3.8, 4) is 6.07 Å². The second kappa shape index (κ2) is 7.21. The molecule has 1 unspecified atom stereocenters. The zero-order valence-electron chi connectivity index (χ0n) is 11.0. The lowest BCUT2D eigenvalue weighted by Crippen LogP contribution is -2.57. The van der Waals surface area contributed by atoms with Crippen LogP contribution in [0.25, 0.3) is 0 Å². The summed E-state index contributed by atoms with van der Waals surface area (Å²) >= 11 is 3.11. The summed E-state index contributed by atoms with van der Waals surface area (Å²) in [5.41, 5.74) is 0. The predicted octanol–water partition coefficient (Wildman–Crippen LogP) is -0.166. The molecule has 0 aromatic heterocycles. The molecule has 114 valence electrons. The first-order valence-electron chi connectivity index (χ1n) is 5.98. The molecule has 0 spiro atoms. The second-order valence-corrected chi connectivity index (χ2v) is 8.15. The minimum Gasteiger partial charge on any atom is -0.465 e. The fourth-order valence-corrected chi connectivity index (χ4v) is 4.56. The highest BCUT2D eigenvalue weighted by atomic mass is 79.9. The molecule has 0 aromatic rings. The molecule has 2 atom stereocenters. The number of hydrogen-bond acceptors (Lipinski definition) is 5. The first-order valence-corrected chi connectivity index (χ1v) is 8.40. The van der Waals surface area contributed by atoms with Crippen LogP contribution in [0.2, 0.25) is 0 Å². The molecule has 0 radical (unpaired) electrons. The second-order valence-electron chi connectivity index (χ2n) is 4.37. The van der Waals surface area contributed by atoms with Gasteiger partial charge in [-0.2, -0.15) is 9.57 Å². The van der Waals surface area contributed by atoms with Crippen LogP contribution in [0, 0.1) is 11.3 Å². The van der Waals surface area contributed by atoms with Crippen molar-refractivity contribution in [3.63, 3.8) is 0 Å². The van der Waals surface area contributed by atoms with E-state index in [1.807, 2.05) is 6.07 Å². The third-order valence-corrected chi connectivity index (χ3v) is 6.73. The minimum absolute atomic E-state index is 0.0153. The fourth-order valence-electron chi connectivity index (χ4n) is 2.03.